The molecule has 2 heterocycles. The van der Waals surface area contributed by atoms with Crippen molar-refractivity contribution in [3.8, 4) is 11.8 Å². The first-order chi connectivity index (χ1) is 16.2. The zero-order valence-corrected chi connectivity index (χ0v) is 19.6. The number of nitrogens with one attached hydrogen (secondary N) is 1. The number of rotatable bonds is 5. The average molecular weight is 481 g/mol. The van der Waals surface area contributed by atoms with Crippen molar-refractivity contribution in [2.75, 3.05) is 25.5 Å². The molecule has 1 aliphatic rings. The highest BCUT2D eigenvalue weighted by molar-refractivity contribution is 6.31. The van der Waals surface area contributed by atoms with Crippen LogP contribution in [-0.2, 0) is 11.2 Å². The molecule has 3 aromatic rings. The number of fused-ring (bicyclic) bond motifs is 1. The molecule has 174 valence electrons. The van der Waals surface area contributed by atoms with Gasteiger partial charge in [0.05, 0.1) is 11.2 Å². The van der Waals surface area contributed by atoms with Crippen LogP contribution in [0.25, 0.3) is 10.9 Å². The van der Waals surface area contributed by atoms with Gasteiger partial charge in [0.1, 0.15) is 23.0 Å². The standard InChI is InChI=1S/C26H23ClF2N4O/c1-4-18(34)11-17-12-19-22(13-16(17)7-8-26(2)9-10-33(3)14-26)30-15-31-25(19)32-21-6-5-20(28)23(27)24(21)29/h4-6,12-13,15H,1,9-11,14H2,2-3H3,(H,30,31,32). The second-order valence-corrected chi connectivity index (χ2v) is 9.12. The summed E-state index contributed by atoms with van der Waals surface area (Å²) in [6, 6.07) is 5.89. The summed E-state index contributed by atoms with van der Waals surface area (Å²) < 4.78 is 28.0. The molecule has 5 nitrogen and oxygen atoms in total. The van der Waals surface area contributed by atoms with Crippen LogP contribution in [0.4, 0.5) is 20.3 Å². The van der Waals surface area contributed by atoms with Crippen LogP contribution >= 0.6 is 11.6 Å². The highest BCUT2D eigenvalue weighted by atomic mass is 35.5. The van der Waals surface area contributed by atoms with E-state index in [2.05, 4.69) is 52.6 Å². The Kier molecular flexibility index (Phi) is 6.65. The van der Waals surface area contributed by atoms with Gasteiger partial charge in [0.15, 0.2) is 11.6 Å². The number of halogens is 3. The number of carbonyl (C=O) groups is 1. The highest BCUT2D eigenvalue weighted by Crippen LogP contribution is 2.32. The lowest BCUT2D eigenvalue weighted by atomic mass is 9.89. The summed E-state index contributed by atoms with van der Waals surface area (Å²) in [7, 11) is 2.07. The van der Waals surface area contributed by atoms with Gasteiger partial charge in [-0.3, -0.25) is 4.79 Å². The van der Waals surface area contributed by atoms with Gasteiger partial charge in [-0.25, -0.2) is 18.7 Å². The number of nitrogens with zero attached hydrogens (tertiary/aromatic N) is 3. The van der Waals surface area contributed by atoms with E-state index in [4.69, 9.17) is 11.6 Å². The summed E-state index contributed by atoms with van der Waals surface area (Å²) in [4.78, 5) is 23.0. The van der Waals surface area contributed by atoms with Crippen LogP contribution in [0.2, 0.25) is 5.02 Å². The van der Waals surface area contributed by atoms with E-state index in [1.54, 1.807) is 12.1 Å². The summed E-state index contributed by atoms with van der Waals surface area (Å²) in [5.41, 5.74) is 1.78. The van der Waals surface area contributed by atoms with Gasteiger partial charge in [-0.15, -0.1) is 0 Å². The van der Waals surface area contributed by atoms with Gasteiger partial charge in [0.2, 0.25) is 0 Å². The molecule has 1 atom stereocenters. The van der Waals surface area contributed by atoms with Crippen molar-refractivity contribution < 1.29 is 13.6 Å². The maximum Gasteiger partial charge on any atom is 0.168 e. The summed E-state index contributed by atoms with van der Waals surface area (Å²) in [6.07, 6.45) is 3.68. The van der Waals surface area contributed by atoms with Gasteiger partial charge in [-0.2, -0.15) is 0 Å². The minimum atomic E-state index is -0.923. The van der Waals surface area contributed by atoms with E-state index >= 15 is 0 Å². The zero-order chi connectivity index (χ0) is 24.5. The largest absolute Gasteiger partial charge is 0.337 e. The molecule has 0 spiro atoms. The third-order valence-corrected chi connectivity index (χ3v) is 6.25. The van der Waals surface area contributed by atoms with Gasteiger partial charge in [-0.05, 0) is 62.8 Å². The fourth-order valence-corrected chi connectivity index (χ4v) is 4.20. The number of aromatic nitrogens is 2. The van der Waals surface area contributed by atoms with Crippen LogP contribution in [0.1, 0.15) is 24.5 Å². The molecule has 34 heavy (non-hydrogen) atoms. The van der Waals surface area contributed by atoms with Crippen LogP contribution < -0.4 is 5.32 Å². The second kappa shape index (κ2) is 9.49. The summed E-state index contributed by atoms with van der Waals surface area (Å²) in [5, 5.41) is 2.82. The Balaban J connectivity index is 1.79. The average Bonchev–Trinajstić information content (AvgIpc) is 3.16. The van der Waals surface area contributed by atoms with Crippen LogP contribution in [0.15, 0.2) is 43.2 Å². The Morgan fingerprint density at radius 2 is 2.15 bits per heavy atom. The fourth-order valence-electron chi connectivity index (χ4n) is 4.03. The van der Waals surface area contributed by atoms with E-state index in [1.807, 2.05) is 0 Å². The quantitative estimate of drug-likeness (QED) is 0.305. The first-order valence-corrected chi connectivity index (χ1v) is 11.1. The predicted molar refractivity (Wildman–Crippen MR) is 130 cm³/mol. The van der Waals surface area contributed by atoms with Crippen LogP contribution in [-0.4, -0.2) is 40.8 Å². The lowest BCUT2D eigenvalue weighted by molar-refractivity contribution is -0.114. The van der Waals surface area contributed by atoms with Gasteiger partial charge in [-0.1, -0.05) is 30.0 Å². The van der Waals surface area contributed by atoms with Crippen molar-refractivity contribution in [3.63, 3.8) is 0 Å². The fraction of sp³-hybridized carbons (Fsp3) is 0.269. The molecular formula is C26H23ClF2N4O. The molecule has 1 saturated heterocycles. The van der Waals surface area contributed by atoms with Crippen molar-refractivity contribution in [2.45, 2.75) is 19.8 Å². The highest BCUT2D eigenvalue weighted by Gasteiger charge is 2.30. The molecule has 1 aromatic heterocycles. The number of likely N-dealkylation sites (tertiary alicyclic amines) is 1. The van der Waals surface area contributed by atoms with E-state index in [0.29, 0.717) is 27.8 Å². The monoisotopic (exact) mass is 480 g/mol. The normalized spacial score (nSPS) is 17.9. The Bertz CT molecular complexity index is 1360. The third kappa shape index (κ3) is 4.93. The molecular weight excluding hydrogens is 458 g/mol. The molecule has 0 bridgehead atoms. The second-order valence-electron chi connectivity index (χ2n) is 8.74. The molecule has 8 heteroatoms. The maximum absolute atomic E-state index is 14.5. The molecule has 1 unspecified atom stereocenters. The third-order valence-electron chi connectivity index (χ3n) is 5.90. The van der Waals surface area contributed by atoms with E-state index in [1.165, 1.54) is 18.5 Å². The van der Waals surface area contributed by atoms with Crippen molar-refractivity contribution in [1.82, 2.24) is 14.9 Å². The van der Waals surface area contributed by atoms with Gasteiger partial charge < -0.3 is 10.2 Å². The topological polar surface area (TPSA) is 58.1 Å². The van der Waals surface area contributed by atoms with E-state index in [0.717, 1.165) is 25.6 Å². The Labute approximate surface area is 201 Å². The molecule has 4 rings (SSSR count). The Hall–Kier alpha value is -3.34. The Morgan fingerprint density at radius 3 is 2.85 bits per heavy atom. The van der Waals surface area contributed by atoms with Crippen LogP contribution in [0.5, 0.6) is 0 Å². The van der Waals surface area contributed by atoms with Crippen LogP contribution in [0, 0.1) is 28.9 Å². The molecule has 1 N–H and O–H groups in total. The number of carbonyl (C=O) groups excluding carboxylic acids is 1. The van der Waals surface area contributed by atoms with E-state index in [9.17, 15) is 13.6 Å². The van der Waals surface area contributed by atoms with E-state index < -0.39 is 16.7 Å². The molecule has 0 amide bonds. The Morgan fingerprint density at radius 1 is 1.35 bits per heavy atom. The number of allylic oxidation sites excluding steroid dienone is 1. The van der Waals surface area contributed by atoms with Crippen molar-refractivity contribution in [3.05, 3.63) is 71.0 Å². The minimum Gasteiger partial charge on any atom is -0.337 e. The van der Waals surface area contributed by atoms with Gasteiger partial charge >= 0.3 is 0 Å². The number of hydrogen-bond acceptors (Lipinski definition) is 5. The smallest absolute Gasteiger partial charge is 0.168 e. The minimum absolute atomic E-state index is 0.0303. The SMILES string of the molecule is C=CC(=O)Cc1cc2c(Nc3ccc(F)c(Cl)c3F)ncnc2cc1C#CC1(C)CCN(C)C1. The van der Waals surface area contributed by atoms with Gasteiger partial charge in [0, 0.05) is 29.3 Å². The van der Waals surface area contributed by atoms with E-state index in [-0.39, 0.29) is 23.3 Å². The molecule has 1 fully saturated rings. The first-order valence-electron chi connectivity index (χ1n) is 10.7. The zero-order valence-electron chi connectivity index (χ0n) is 18.9. The molecule has 0 radical (unpaired) electrons. The maximum atomic E-state index is 14.5. The van der Waals surface area contributed by atoms with Crippen molar-refractivity contribution in [1.29, 1.82) is 0 Å². The van der Waals surface area contributed by atoms with Crippen LogP contribution in [0.3, 0.4) is 0 Å². The van der Waals surface area contributed by atoms with Crippen molar-refractivity contribution in [2.24, 2.45) is 5.41 Å². The summed E-state index contributed by atoms with van der Waals surface area (Å²) in [5.74, 6) is 5.01. The number of anilines is 2. The number of hydrogen-bond donors (Lipinski definition) is 1. The summed E-state index contributed by atoms with van der Waals surface area (Å²) >= 11 is 5.71. The molecule has 2 aromatic carbocycles. The van der Waals surface area contributed by atoms with Gasteiger partial charge in [0.25, 0.3) is 0 Å². The molecule has 1 aliphatic heterocycles. The number of benzene rings is 2. The summed E-state index contributed by atoms with van der Waals surface area (Å²) in [6.45, 7) is 7.55. The predicted octanol–water partition coefficient (Wildman–Crippen LogP) is 5.30. The number of ketones is 1. The lowest BCUT2D eigenvalue weighted by Crippen LogP contribution is -2.20. The molecule has 0 aliphatic carbocycles. The van der Waals surface area contributed by atoms with Crippen molar-refractivity contribution >= 4 is 39.8 Å². The lowest BCUT2D eigenvalue weighted by Gasteiger charge is -2.16. The molecule has 0 saturated carbocycles. The first kappa shape index (κ1) is 23.8.